The third-order valence-corrected chi connectivity index (χ3v) is 4.60. The summed E-state index contributed by atoms with van der Waals surface area (Å²) >= 11 is 8.09. The highest BCUT2D eigenvalue weighted by Gasteiger charge is 2.25. The molecule has 1 aliphatic carbocycles. The average molecular weight is 228 g/mol. The van der Waals surface area contributed by atoms with E-state index in [0.29, 0.717) is 10.6 Å². The van der Waals surface area contributed by atoms with Gasteiger partial charge in [0.25, 0.3) is 0 Å². The molecule has 0 aliphatic heterocycles. The van der Waals surface area contributed by atoms with Gasteiger partial charge in [0.1, 0.15) is 0 Å². The zero-order chi connectivity index (χ0) is 9.97. The van der Waals surface area contributed by atoms with Crippen molar-refractivity contribution in [2.45, 2.75) is 41.7 Å². The van der Waals surface area contributed by atoms with E-state index in [1.54, 1.807) is 0 Å². The molecule has 1 nitrogen and oxygen atoms in total. The molecule has 0 aromatic carbocycles. The van der Waals surface area contributed by atoms with Crippen LogP contribution in [0.15, 0.2) is 23.2 Å². The Balaban J connectivity index is 2.00. The zero-order valence-electron chi connectivity index (χ0n) is 8.24. The summed E-state index contributed by atoms with van der Waals surface area (Å²) < 4.78 is 0. The molecule has 0 amide bonds. The molecule has 14 heavy (non-hydrogen) atoms. The molecule has 1 aromatic rings. The highest BCUT2D eigenvalue weighted by atomic mass is 35.5. The Kier molecular flexibility index (Phi) is 3.34. The highest BCUT2D eigenvalue weighted by Crippen LogP contribution is 2.37. The fraction of sp³-hybridized carbons (Fsp3) is 0.545. The summed E-state index contributed by atoms with van der Waals surface area (Å²) in [6.07, 6.45) is 5.62. The van der Waals surface area contributed by atoms with Crippen LogP contribution in [0.5, 0.6) is 0 Å². The van der Waals surface area contributed by atoms with Crippen molar-refractivity contribution in [3.05, 3.63) is 24.0 Å². The number of aryl methyl sites for hydroxylation is 1. The normalized spacial score (nSPS) is 26.7. The maximum Gasteiger partial charge on any atom is 0.0458 e. The molecule has 1 aromatic heterocycles. The van der Waals surface area contributed by atoms with Crippen molar-refractivity contribution in [3.8, 4) is 0 Å². The third kappa shape index (κ3) is 2.43. The van der Waals surface area contributed by atoms with Crippen molar-refractivity contribution >= 4 is 23.4 Å². The van der Waals surface area contributed by atoms with Crippen molar-refractivity contribution < 1.29 is 0 Å². The van der Waals surface area contributed by atoms with Crippen molar-refractivity contribution in [2.24, 2.45) is 0 Å². The van der Waals surface area contributed by atoms with Gasteiger partial charge in [-0.25, -0.2) is 0 Å². The monoisotopic (exact) mass is 227 g/mol. The first-order valence-corrected chi connectivity index (χ1v) is 6.31. The van der Waals surface area contributed by atoms with Gasteiger partial charge in [0.2, 0.25) is 0 Å². The van der Waals surface area contributed by atoms with Crippen LogP contribution in [-0.4, -0.2) is 15.6 Å². The molecule has 2 atom stereocenters. The number of rotatable bonds is 2. The zero-order valence-corrected chi connectivity index (χ0v) is 9.81. The summed E-state index contributed by atoms with van der Waals surface area (Å²) in [5.41, 5.74) is 1.07. The van der Waals surface area contributed by atoms with E-state index in [1.165, 1.54) is 24.2 Å². The molecule has 0 spiro atoms. The van der Waals surface area contributed by atoms with E-state index in [9.17, 15) is 0 Å². The van der Waals surface area contributed by atoms with Gasteiger partial charge >= 0.3 is 0 Å². The van der Waals surface area contributed by atoms with Gasteiger partial charge in [0, 0.05) is 27.4 Å². The molecular weight excluding hydrogens is 214 g/mol. The van der Waals surface area contributed by atoms with E-state index in [-0.39, 0.29) is 0 Å². The molecule has 1 fully saturated rings. The number of aromatic nitrogens is 1. The molecule has 0 bridgehead atoms. The van der Waals surface area contributed by atoms with Crippen LogP contribution in [0.4, 0.5) is 0 Å². The second kappa shape index (κ2) is 4.54. The van der Waals surface area contributed by atoms with E-state index in [2.05, 4.69) is 17.1 Å². The van der Waals surface area contributed by atoms with Crippen LogP contribution in [-0.2, 0) is 0 Å². The Morgan fingerprint density at radius 1 is 1.43 bits per heavy atom. The molecule has 1 saturated carbocycles. The smallest absolute Gasteiger partial charge is 0.0458 e. The van der Waals surface area contributed by atoms with Crippen LogP contribution in [0.3, 0.4) is 0 Å². The predicted octanol–water partition coefficient (Wildman–Crippen LogP) is 3.64. The van der Waals surface area contributed by atoms with Gasteiger partial charge in [-0.2, -0.15) is 0 Å². The maximum absolute atomic E-state index is 6.22. The molecule has 0 saturated heterocycles. The molecule has 76 valence electrons. The number of hydrogen-bond acceptors (Lipinski definition) is 2. The van der Waals surface area contributed by atoms with Crippen LogP contribution in [0.2, 0.25) is 0 Å². The summed E-state index contributed by atoms with van der Waals surface area (Å²) in [5.74, 6) is 0. The topological polar surface area (TPSA) is 12.9 Å². The van der Waals surface area contributed by atoms with E-state index < -0.39 is 0 Å². The number of halogens is 1. The molecule has 1 aliphatic rings. The minimum Gasteiger partial charge on any atom is -0.260 e. The van der Waals surface area contributed by atoms with Crippen LogP contribution < -0.4 is 0 Å². The van der Waals surface area contributed by atoms with Crippen molar-refractivity contribution in [1.82, 2.24) is 4.98 Å². The van der Waals surface area contributed by atoms with Crippen LogP contribution >= 0.6 is 23.4 Å². The lowest BCUT2D eigenvalue weighted by Gasteiger charge is -2.12. The lowest BCUT2D eigenvalue weighted by molar-refractivity contribution is 0.888. The summed E-state index contributed by atoms with van der Waals surface area (Å²) in [4.78, 5) is 5.53. The fourth-order valence-electron chi connectivity index (χ4n) is 1.71. The minimum absolute atomic E-state index is 0.348. The number of nitrogens with zero attached hydrogens (tertiary/aromatic N) is 1. The van der Waals surface area contributed by atoms with E-state index in [0.717, 1.165) is 5.69 Å². The Labute approximate surface area is 94.3 Å². The van der Waals surface area contributed by atoms with Crippen LogP contribution in [0, 0.1) is 6.92 Å². The molecule has 0 radical (unpaired) electrons. The average Bonchev–Trinajstić information content (AvgIpc) is 2.56. The Morgan fingerprint density at radius 2 is 2.29 bits per heavy atom. The second-order valence-electron chi connectivity index (χ2n) is 3.74. The largest absolute Gasteiger partial charge is 0.260 e. The highest BCUT2D eigenvalue weighted by molar-refractivity contribution is 8.00. The van der Waals surface area contributed by atoms with Gasteiger partial charge in [-0.15, -0.1) is 23.4 Å². The first-order valence-electron chi connectivity index (χ1n) is 4.99. The van der Waals surface area contributed by atoms with E-state index in [1.807, 2.05) is 24.9 Å². The SMILES string of the molecule is Cc1ccc(SC2CCCC2Cl)cn1. The standard InChI is InChI=1S/C11H14ClNS/c1-8-5-6-9(7-13-8)14-11-4-2-3-10(11)12/h5-7,10-11H,2-4H2,1H3. The maximum atomic E-state index is 6.22. The van der Waals surface area contributed by atoms with Gasteiger partial charge in [0.15, 0.2) is 0 Å². The molecular formula is C11H14ClNS. The fourth-order valence-corrected chi connectivity index (χ4v) is 3.32. The minimum atomic E-state index is 0.348. The Morgan fingerprint density at radius 3 is 2.86 bits per heavy atom. The van der Waals surface area contributed by atoms with Gasteiger partial charge in [-0.05, 0) is 31.9 Å². The van der Waals surface area contributed by atoms with Gasteiger partial charge in [-0.3, -0.25) is 4.98 Å². The number of alkyl halides is 1. The molecule has 1 heterocycles. The lowest BCUT2D eigenvalue weighted by Crippen LogP contribution is -2.08. The Bertz CT molecular complexity index is 299. The van der Waals surface area contributed by atoms with Crippen LogP contribution in [0.1, 0.15) is 25.0 Å². The second-order valence-corrected chi connectivity index (χ2v) is 5.61. The summed E-state index contributed by atoms with van der Waals surface area (Å²) in [7, 11) is 0. The van der Waals surface area contributed by atoms with Crippen molar-refractivity contribution in [1.29, 1.82) is 0 Å². The van der Waals surface area contributed by atoms with Gasteiger partial charge in [0.05, 0.1) is 0 Å². The summed E-state index contributed by atoms with van der Waals surface area (Å²) in [6.45, 7) is 2.01. The molecule has 3 heteroatoms. The van der Waals surface area contributed by atoms with Crippen molar-refractivity contribution in [2.75, 3.05) is 0 Å². The van der Waals surface area contributed by atoms with E-state index >= 15 is 0 Å². The predicted molar refractivity (Wildman–Crippen MR) is 62.1 cm³/mol. The Hall–Kier alpha value is -0.210. The number of thioether (sulfide) groups is 1. The molecule has 0 N–H and O–H groups in total. The van der Waals surface area contributed by atoms with Gasteiger partial charge in [-0.1, -0.05) is 6.42 Å². The van der Waals surface area contributed by atoms with Crippen molar-refractivity contribution in [3.63, 3.8) is 0 Å². The molecule has 2 unspecified atom stereocenters. The third-order valence-electron chi connectivity index (χ3n) is 2.54. The van der Waals surface area contributed by atoms with Gasteiger partial charge < -0.3 is 0 Å². The first-order chi connectivity index (χ1) is 6.75. The van der Waals surface area contributed by atoms with Crippen LogP contribution in [0.25, 0.3) is 0 Å². The quantitative estimate of drug-likeness (QED) is 0.716. The first kappa shape index (κ1) is 10.3. The van der Waals surface area contributed by atoms with E-state index in [4.69, 9.17) is 11.6 Å². The summed E-state index contributed by atoms with van der Waals surface area (Å²) in [5, 5.41) is 0.933. The summed E-state index contributed by atoms with van der Waals surface area (Å²) in [6, 6.07) is 4.19. The number of pyridine rings is 1. The molecule has 2 rings (SSSR count). The number of hydrogen-bond donors (Lipinski definition) is 0. The lowest BCUT2D eigenvalue weighted by atomic mass is 10.4.